The van der Waals surface area contributed by atoms with Crippen LogP contribution in [0.2, 0.25) is 0 Å². The summed E-state index contributed by atoms with van der Waals surface area (Å²) in [6.45, 7) is 5.91. The lowest BCUT2D eigenvalue weighted by Gasteiger charge is -2.16. The Hall–Kier alpha value is -2.67. The lowest BCUT2D eigenvalue weighted by Crippen LogP contribution is -2.33. The second-order valence-electron chi connectivity index (χ2n) is 5.36. The highest BCUT2D eigenvalue weighted by Gasteiger charge is 2.19. The van der Waals surface area contributed by atoms with E-state index in [1.54, 1.807) is 6.08 Å². The topological polar surface area (TPSA) is 85.2 Å². The molecule has 0 aliphatic heterocycles. The van der Waals surface area contributed by atoms with Crippen LogP contribution in [0.4, 0.5) is 0 Å². The minimum Gasteiger partial charge on any atom is -0.375 e. The van der Waals surface area contributed by atoms with Gasteiger partial charge >= 0.3 is 0 Å². The van der Waals surface area contributed by atoms with E-state index in [-0.39, 0.29) is 31.0 Å². The molecule has 1 aromatic heterocycles. The first-order valence-corrected chi connectivity index (χ1v) is 7.68. The van der Waals surface area contributed by atoms with Crippen LogP contribution in [0, 0.1) is 0 Å². The minimum atomic E-state index is -0.354. The zero-order chi connectivity index (χ0) is 17.5. The summed E-state index contributed by atoms with van der Waals surface area (Å²) in [6, 6.07) is 7.19. The smallest absolute Gasteiger partial charge is 0.246 e. The van der Waals surface area contributed by atoms with Crippen molar-refractivity contribution >= 4 is 22.8 Å². The fraction of sp³-hybridized carbons (Fsp3) is 0.353. The number of imidazole rings is 1. The summed E-state index contributed by atoms with van der Waals surface area (Å²) in [7, 11) is 1.46. The van der Waals surface area contributed by atoms with E-state index in [9.17, 15) is 9.59 Å². The van der Waals surface area contributed by atoms with Gasteiger partial charge in [-0.15, -0.1) is 6.58 Å². The number of fused-ring (bicyclic) bond motifs is 1. The number of hydrogen-bond donors (Lipinski definition) is 2. The van der Waals surface area contributed by atoms with Crippen molar-refractivity contribution in [2.75, 3.05) is 20.3 Å². The number of hydrogen-bond acceptors (Lipinski definition) is 4. The van der Waals surface area contributed by atoms with Gasteiger partial charge in [0.25, 0.3) is 0 Å². The maximum atomic E-state index is 12.1. The summed E-state index contributed by atoms with van der Waals surface area (Å²) >= 11 is 0. The molecular formula is C17H22N4O3. The van der Waals surface area contributed by atoms with Crippen LogP contribution in [-0.2, 0) is 20.9 Å². The van der Waals surface area contributed by atoms with Gasteiger partial charge in [0.2, 0.25) is 11.8 Å². The Morgan fingerprint density at radius 2 is 2.12 bits per heavy atom. The number of rotatable bonds is 8. The van der Waals surface area contributed by atoms with Crippen LogP contribution in [-0.4, -0.2) is 41.6 Å². The third-order valence-corrected chi connectivity index (χ3v) is 3.47. The zero-order valence-electron chi connectivity index (χ0n) is 13.9. The Morgan fingerprint density at radius 3 is 2.83 bits per heavy atom. The normalized spacial score (nSPS) is 11.9. The molecule has 7 heteroatoms. The number of aromatic nitrogens is 2. The highest BCUT2D eigenvalue weighted by molar-refractivity contribution is 5.82. The van der Waals surface area contributed by atoms with Crippen molar-refractivity contribution in [1.29, 1.82) is 0 Å². The lowest BCUT2D eigenvalue weighted by atomic mass is 10.3. The second-order valence-corrected chi connectivity index (χ2v) is 5.36. The largest absolute Gasteiger partial charge is 0.375 e. The van der Waals surface area contributed by atoms with Gasteiger partial charge in [0.15, 0.2) is 0 Å². The molecule has 0 fully saturated rings. The fourth-order valence-corrected chi connectivity index (χ4v) is 2.46. The van der Waals surface area contributed by atoms with Crippen molar-refractivity contribution in [2.24, 2.45) is 0 Å². The third kappa shape index (κ3) is 4.20. The van der Waals surface area contributed by atoms with E-state index in [1.807, 2.05) is 35.8 Å². The quantitative estimate of drug-likeness (QED) is 0.711. The number of benzene rings is 1. The number of nitrogens with zero attached hydrogens (tertiary/aromatic N) is 2. The van der Waals surface area contributed by atoms with Gasteiger partial charge in [0.1, 0.15) is 19.0 Å². The van der Waals surface area contributed by atoms with Crippen LogP contribution < -0.4 is 10.6 Å². The van der Waals surface area contributed by atoms with Gasteiger partial charge in [-0.1, -0.05) is 18.2 Å². The number of para-hydroxylation sites is 2. The first kappa shape index (κ1) is 17.7. The maximum absolute atomic E-state index is 12.1. The van der Waals surface area contributed by atoms with Crippen molar-refractivity contribution in [3.05, 3.63) is 42.7 Å². The minimum absolute atomic E-state index is 0.0234. The molecule has 1 heterocycles. The van der Waals surface area contributed by atoms with E-state index in [0.29, 0.717) is 12.4 Å². The number of methoxy groups -OCH3 is 1. The molecule has 128 valence electrons. The molecule has 2 N–H and O–H groups in total. The molecule has 1 unspecified atom stereocenters. The van der Waals surface area contributed by atoms with E-state index in [2.05, 4.69) is 22.2 Å². The Morgan fingerprint density at radius 1 is 1.38 bits per heavy atom. The van der Waals surface area contributed by atoms with Crippen LogP contribution in [0.25, 0.3) is 11.0 Å². The van der Waals surface area contributed by atoms with Crippen LogP contribution in [0.5, 0.6) is 0 Å². The van der Waals surface area contributed by atoms with Gasteiger partial charge in [0.05, 0.1) is 17.1 Å². The molecule has 0 aliphatic rings. The summed E-state index contributed by atoms with van der Waals surface area (Å²) in [4.78, 5) is 28.4. The molecule has 7 nitrogen and oxygen atoms in total. The van der Waals surface area contributed by atoms with Crippen LogP contribution >= 0.6 is 0 Å². The molecular weight excluding hydrogens is 308 g/mol. The number of ether oxygens (including phenoxy) is 1. The van der Waals surface area contributed by atoms with E-state index < -0.39 is 0 Å². The predicted molar refractivity (Wildman–Crippen MR) is 91.4 cm³/mol. The summed E-state index contributed by atoms with van der Waals surface area (Å²) in [5.74, 6) is 0.240. The molecule has 2 rings (SSSR count). The van der Waals surface area contributed by atoms with Crippen LogP contribution in [0.3, 0.4) is 0 Å². The van der Waals surface area contributed by atoms with Crippen molar-refractivity contribution in [3.8, 4) is 0 Å². The van der Waals surface area contributed by atoms with E-state index >= 15 is 0 Å². The van der Waals surface area contributed by atoms with Crippen molar-refractivity contribution < 1.29 is 14.3 Å². The summed E-state index contributed by atoms with van der Waals surface area (Å²) in [5, 5.41) is 5.57. The molecule has 2 aromatic rings. The second kappa shape index (κ2) is 8.26. The molecule has 1 atom stereocenters. The maximum Gasteiger partial charge on any atom is 0.246 e. The molecule has 0 saturated heterocycles. The highest BCUT2D eigenvalue weighted by Crippen LogP contribution is 2.20. The van der Waals surface area contributed by atoms with Crippen molar-refractivity contribution in [3.63, 3.8) is 0 Å². The fourth-order valence-electron chi connectivity index (χ4n) is 2.46. The van der Waals surface area contributed by atoms with Gasteiger partial charge in [-0.2, -0.15) is 0 Å². The molecule has 1 aromatic carbocycles. The molecule has 0 spiro atoms. The number of carbonyl (C=O) groups excluding carboxylic acids is 2. The lowest BCUT2D eigenvalue weighted by molar-refractivity contribution is -0.125. The third-order valence-electron chi connectivity index (χ3n) is 3.47. The Bertz CT molecular complexity index is 739. The number of amides is 2. The van der Waals surface area contributed by atoms with E-state index in [0.717, 1.165) is 11.0 Å². The monoisotopic (exact) mass is 330 g/mol. The van der Waals surface area contributed by atoms with Crippen LogP contribution in [0.15, 0.2) is 36.9 Å². The summed E-state index contributed by atoms with van der Waals surface area (Å²) in [5.41, 5.74) is 1.62. The zero-order valence-corrected chi connectivity index (χ0v) is 13.9. The van der Waals surface area contributed by atoms with E-state index in [4.69, 9.17) is 4.74 Å². The Kier molecular flexibility index (Phi) is 6.08. The first-order chi connectivity index (χ1) is 11.6. The number of carbonyl (C=O) groups is 2. The molecule has 0 aliphatic carbocycles. The van der Waals surface area contributed by atoms with Crippen molar-refractivity contribution in [2.45, 2.75) is 19.5 Å². The average Bonchev–Trinajstić information content (AvgIpc) is 2.92. The Balaban J connectivity index is 2.30. The predicted octanol–water partition coefficient (Wildman–Crippen LogP) is 1.16. The standard InChI is InChI=1S/C17H22N4O3/c1-4-9-18-15(22)10-21-14-8-6-5-7-13(14)20-17(21)12(2)19-16(23)11-24-3/h4-8,12H,1,9-11H2,2-3H3,(H,18,22)(H,19,23). The van der Waals surface area contributed by atoms with Gasteiger partial charge < -0.3 is 19.9 Å². The van der Waals surface area contributed by atoms with Crippen LogP contribution in [0.1, 0.15) is 18.8 Å². The van der Waals surface area contributed by atoms with Gasteiger partial charge in [-0.25, -0.2) is 4.98 Å². The average molecular weight is 330 g/mol. The highest BCUT2D eigenvalue weighted by atomic mass is 16.5. The summed E-state index contributed by atoms with van der Waals surface area (Å²) in [6.07, 6.45) is 1.62. The van der Waals surface area contributed by atoms with Gasteiger partial charge in [-0.05, 0) is 19.1 Å². The van der Waals surface area contributed by atoms with Crippen molar-refractivity contribution in [1.82, 2.24) is 20.2 Å². The number of nitrogens with one attached hydrogen (secondary N) is 2. The molecule has 2 amide bonds. The molecule has 0 bridgehead atoms. The SMILES string of the molecule is C=CCNC(=O)Cn1c(C(C)NC(=O)COC)nc2ccccc21. The molecule has 0 saturated carbocycles. The van der Waals surface area contributed by atoms with E-state index in [1.165, 1.54) is 7.11 Å². The molecule has 24 heavy (non-hydrogen) atoms. The van der Waals surface area contributed by atoms with Gasteiger partial charge in [0, 0.05) is 13.7 Å². The Labute approximate surface area is 140 Å². The summed E-state index contributed by atoms with van der Waals surface area (Å²) < 4.78 is 6.64. The first-order valence-electron chi connectivity index (χ1n) is 7.68. The molecule has 0 radical (unpaired) electrons. The van der Waals surface area contributed by atoms with Gasteiger partial charge in [-0.3, -0.25) is 9.59 Å².